The first-order valence-corrected chi connectivity index (χ1v) is 9.04. The van der Waals surface area contributed by atoms with E-state index in [1.165, 1.54) is 21.6 Å². The number of aliphatic carboxylic acids is 1. The van der Waals surface area contributed by atoms with Gasteiger partial charge in [0, 0.05) is 25.6 Å². The SMILES string of the molecule is CN1C(=O)/C(=C/c2ccc(C(=O)N3CC(O)CC3C(=O)O)cc2)SC1=S. The minimum Gasteiger partial charge on any atom is -0.480 e. The van der Waals surface area contributed by atoms with E-state index < -0.39 is 24.0 Å². The first-order valence-electron chi connectivity index (χ1n) is 7.81. The molecule has 3 rings (SSSR count). The van der Waals surface area contributed by atoms with Gasteiger partial charge < -0.3 is 15.1 Å². The number of rotatable bonds is 3. The number of aliphatic hydroxyl groups excluding tert-OH is 1. The molecule has 0 bridgehead atoms. The molecule has 2 fully saturated rings. The number of carboxylic acid groups (broad SMARTS) is 1. The zero-order chi connectivity index (χ0) is 19.0. The lowest BCUT2D eigenvalue weighted by atomic mass is 10.1. The van der Waals surface area contributed by atoms with Gasteiger partial charge in [-0.2, -0.15) is 0 Å². The van der Waals surface area contributed by atoms with Crippen molar-refractivity contribution in [2.24, 2.45) is 0 Å². The normalized spacial score (nSPS) is 24.6. The molecule has 7 nitrogen and oxygen atoms in total. The van der Waals surface area contributed by atoms with Crippen LogP contribution in [0, 0.1) is 0 Å². The monoisotopic (exact) mass is 392 g/mol. The Balaban J connectivity index is 1.78. The second-order valence-electron chi connectivity index (χ2n) is 6.06. The van der Waals surface area contributed by atoms with Gasteiger partial charge in [0.25, 0.3) is 11.8 Å². The van der Waals surface area contributed by atoms with Crippen molar-refractivity contribution in [2.45, 2.75) is 18.6 Å². The van der Waals surface area contributed by atoms with Crippen molar-refractivity contribution in [3.63, 3.8) is 0 Å². The molecule has 0 aromatic heterocycles. The van der Waals surface area contributed by atoms with Gasteiger partial charge in [-0.25, -0.2) is 4.79 Å². The summed E-state index contributed by atoms with van der Waals surface area (Å²) in [5.74, 6) is -1.75. The molecule has 2 amide bonds. The molecule has 2 unspecified atom stereocenters. The van der Waals surface area contributed by atoms with Crippen LogP contribution in [0.3, 0.4) is 0 Å². The van der Waals surface area contributed by atoms with Gasteiger partial charge in [0.1, 0.15) is 10.4 Å². The molecule has 2 aliphatic heterocycles. The molecule has 26 heavy (non-hydrogen) atoms. The number of carboxylic acids is 1. The van der Waals surface area contributed by atoms with Crippen molar-refractivity contribution in [3.8, 4) is 0 Å². The number of hydrogen-bond donors (Lipinski definition) is 2. The fourth-order valence-corrected chi connectivity index (χ4v) is 4.04. The maximum absolute atomic E-state index is 12.6. The Morgan fingerprint density at radius 1 is 1.31 bits per heavy atom. The summed E-state index contributed by atoms with van der Waals surface area (Å²) in [6.07, 6.45) is 0.879. The maximum Gasteiger partial charge on any atom is 0.326 e. The van der Waals surface area contributed by atoms with Crippen molar-refractivity contribution in [2.75, 3.05) is 13.6 Å². The Bertz CT molecular complexity index is 821. The molecule has 2 atom stereocenters. The summed E-state index contributed by atoms with van der Waals surface area (Å²) in [5.41, 5.74) is 1.05. The number of carbonyl (C=O) groups excluding carboxylic acids is 2. The molecule has 0 saturated carbocycles. The molecule has 2 aliphatic rings. The van der Waals surface area contributed by atoms with Crippen LogP contribution in [0.15, 0.2) is 29.2 Å². The van der Waals surface area contributed by atoms with Crippen molar-refractivity contribution < 1.29 is 24.6 Å². The zero-order valence-corrected chi connectivity index (χ0v) is 15.4. The second kappa shape index (κ2) is 7.18. The second-order valence-corrected chi connectivity index (χ2v) is 7.74. The van der Waals surface area contributed by atoms with E-state index in [0.717, 1.165) is 5.56 Å². The first kappa shape index (κ1) is 18.6. The molecule has 136 valence electrons. The van der Waals surface area contributed by atoms with Crippen LogP contribution in [0.2, 0.25) is 0 Å². The number of nitrogens with zero attached hydrogens (tertiary/aromatic N) is 2. The summed E-state index contributed by atoms with van der Waals surface area (Å²) in [7, 11) is 1.61. The molecule has 9 heteroatoms. The molecular formula is C17H16N2O5S2. The number of benzene rings is 1. The number of β-amino-alcohol motifs (C(OH)–C–C–N with tert-alkyl or cyclic N) is 1. The Labute approximate surface area is 159 Å². The van der Waals surface area contributed by atoms with Gasteiger partial charge in [-0.15, -0.1) is 0 Å². The minimum absolute atomic E-state index is 0.00345. The summed E-state index contributed by atoms with van der Waals surface area (Å²) < 4.78 is 0.486. The Morgan fingerprint density at radius 2 is 1.96 bits per heavy atom. The lowest BCUT2D eigenvalue weighted by Gasteiger charge is -2.21. The standard InChI is InChI=1S/C17H16N2O5S2/c1-18-15(22)13(26-17(18)25)6-9-2-4-10(5-3-9)14(21)19-8-11(20)7-12(19)16(23)24/h2-6,11-12,20H,7-8H2,1H3,(H,23,24)/b13-6-. The molecule has 2 saturated heterocycles. The van der Waals surface area contributed by atoms with Gasteiger partial charge in [-0.05, 0) is 23.8 Å². The van der Waals surface area contributed by atoms with E-state index in [2.05, 4.69) is 0 Å². The number of aliphatic hydroxyl groups is 1. The van der Waals surface area contributed by atoms with E-state index in [1.807, 2.05) is 0 Å². The number of likely N-dealkylation sites (N-methyl/N-ethyl adjacent to an activating group) is 1. The van der Waals surface area contributed by atoms with Crippen LogP contribution in [0.1, 0.15) is 22.3 Å². The number of hydrogen-bond acceptors (Lipinski definition) is 6. The highest BCUT2D eigenvalue weighted by Gasteiger charge is 2.39. The Kier molecular flexibility index (Phi) is 5.12. The molecule has 1 aromatic rings. The Morgan fingerprint density at radius 3 is 2.50 bits per heavy atom. The lowest BCUT2D eigenvalue weighted by Crippen LogP contribution is -2.40. The number of thiocarbonyl (C=S) groups is 1. The average Bonchev–Trinajstić information content (AvgIpc) is 3.11. The van der Waals surface area contributed by atoms with Gasteiger partial charge in [-0.3, -0.25) is 14.5 Å². The first-order chi connectivity index (χ1) is 12.3. The van der Waals surface area contributed by atoms with Crippen molar-refractivity contribution in [3.05, 3.63) is 40.3 Å². The number of carbonyl (C=O) groups is 3. The highest BCUT2D eigenvalue weighted by molar-refractivity contribution is 8.26. The lowest BCUT2D eigenvalue weighted by molar-refractivity contribution is -0.141. The van der Waals surface area contributed by atoms with Crippen LogP contribution >= 0.6 is 24.0 Å². The van der Waals surface area contributed by atoms with Crippen molar-refractivity contribution in [1.29, 1.82) is 0 Å². The largest absolute Gasteiger partial charge is 0.480 e. The van der Waals surface area contributed by atoms with Gasteiger partial charge in [0.2, 0.25) is 0 Å². The third-order valence-electron chi connectivity index (χ3n) is 4.27. The van der Waals surface area contributed by atoms with Crippen LogP contribution < -0.4 is 0 Å². The minimum atomic E-state index is -1.13. The highest BCUT2D eigenvalue weighted by atomic mass is 32.2. The molecule has 2 N–H and O–H groups in total. The molecule has 2 heterocycles. The van der Waals surface area contributed by atoms with Gasteiger partial charge >= 0.3 is 5.97 Å². The zero-order valence-electron chi connectivity index (χ0n) is 13.8. The highest BCUT2D eigenvalue weighted by Crippen LogP contribution is 2.31. The molecule has 0 aliphatic carbocycles. The fourth-order valence-electron chi connectivity index (χ4n) is 2.86. The van der Waals surface area contributed by atoms with E-state index in [1.54, 1.807) is 37.4 Å². The summed E-state index contributed by atoms with van der Waals surface area (Å²) >= 11 is 6.29. The summed E-state index contributed by atoms with van der Waals surface area (Å²) in [5, 5.41) is 18.9. The quantitative estimate of drug-likeness (QED) is 0.589. The molecule has 0 radical (unpaired) electrons. The smallest absolute Gasteiger partial charge is 0.326 e. The fraction of sp³-hybridized carbons (Fsp3) is 0.294. The number of thioether (sulfide) groups is 1. The van der Waals surface area contributed by atoms with Crippen LogP contribution in [0.5, 0.6) is 0 Å². The van der Waals surface area contributed by atoms with Crippen LogP contribution in [-0.4, -0.2) is 67.9 Å². The van der Waals surface area contributed by atoms with E-state index in [-0.39, 0.29) is 18.9 Å². The Hall–Kier alpha value is -2.23. The number of amides is 2. The van der Waals surface area contributed by atoms with Crippen LogP contribution in [0.4, 0.5) is 0 Å². The molecule has 1 aromatic carbocycles. The predicted molar refractivity (Wildman–Crippen MR) is 100 cm³/mol. The van der Waals surface area contributed by atoms with Gasteiger partial charge in [0.05, 0.1) is 11.0 Å². The third kappa shape index (κ3) is 3.50. The van der Waals surface area contributed by atoms with Gasteiger partial charge in [0.15, 0.2) is 0 Å². The summed E-state index contributed by atoms with van der Waals surface area (Å²) in [4.78, 5) is 38.9. The summed E-state index contributed by atoms with van der Waals surface area (Å²) in [6, 6.07) is 5.48. The molecule has 0 spiro atoms. The number of likely N-dealkylation sites (tertiary alicyclic amines) is 1. The van der Waals surface area contributed by atoms with Crippen LogP contribution in [-0.2, 0) is 9.59 Å². The van der Waals surface area contributed by atoms with Gasteiger partial charge in [-0.1, -0.05) is 36.1 Å². The van der Waals surface area contributed by atoms with E-state index in [9.17, 15) is 24.6 Å². The van der Waals surface area contributed by atoms with E-state index in [0.29, 0.717) is 14.8 Å². The van der Waals surface area contributed by atoms with E-state index in [4.69, 9.17) is 12.2 Å². The van der Waals surface area contributed by atoms with Crippen LogP contribution in [0.25, 0.3) is 6.08 Å². The van der Waals surface area contributed by atoms with E-state index >= 15 is 0 Å². The van der Waals surface area contributed by atoms with Crippen molar-refractivity contribution in [1.82, 2.24) is 9.80 Å². The molecular weight excluding hydrogens is 376 g/mol. The average molecular weight is 392 g/mol. The topological polar surface area (TPSA) is 98.2 Å². The maximum atomic E-state index is 12.6. The summed E-state index contributed by atoms with van der Waals surface area (Å²) in [6.45, 7) is -0.00345. The van der Waals surface area contributed by atoms with Crippen molar-refractivity contribution >= 4 is 52.2 Å². The third-order valence-corrected chi connectivity index (χ3v) is 5.75. The predicted octanol–water partition coefficient (Wildman–Crippen LogP) is 1.18.